The predicted molar refractivity (Wildman–Crippen MR) is 106 cm³/mol. The van der Waals surface area contributed by atoms with E-state index in [2.05, 4.69) is 11.7 Å². The van der Waals surface area contributed by atoms with Crippen LogP contribution in [0.4, 0.5) is 0 Å². The summed E-state index contributed by atoms with van der Waals surface area (Å²) in [7, 11) is 5.31. The Morgan fingerprint density at radius 3 is 1.84 bits per heavy atom. The van der Waals surface area contributed by atoms with Crippen molar-refractivity contribution >= 4 is 57.9 Å². The lowest BCUT2D eigenvalue weighted by Gasteiger charge is -2.32. The summed E-state index contributed by atoms with van der Waals surface area (Å²) in [5.41, 5.74) is -2.43. The molecule has 150 valence electrons. The Morgan fingerprint density at radius 2 is 1.36 bits per heavy atom. The number of hydrogen-bond donors (Lipinski definition) is 6. The first-order valence-electron chi connectivity index (χ1n) is 7.01. The zero-order chi connectivity index (χ0) is 19.2. The number of carbonyl (C=O) groups excluding carboxylic acids is 1. The maximum atomic E-state index is 11.7. The molecule has 0 atom stereocenters. The Labute approximate surface area is 166 Å². The van der Waals surface area contributed by atoms with Crippen LogP contribution in [0.5, 0.6) is 0 Å². The van der Waals surface area contributed by atoms with E-state index in [-0.39, 0.29) is 25.6 Å². The Kier molecular flexibility index (Phi) is 15.6. The fourth-order valence-electron chi connectivity index (χ4n) is 1.42. The van der Waals surface area contributed by atoms with E-state index in [1.54, 1.807) is 0 Å². The zero-order valence-corrected chi connectivity index (χ0v) is 17.6. The predicted octanol–water partition coefficient (Wildman–Crippen LogP) is 0.00310. The van der Waals surface area contributed by atoms with E-state index in [1.807, 2.05) is 0 Å². The molecular formula is C12H24O8S5. The van der Waals surface area contributed by atoms with Gasteiger partial charge >= 0.3 is 5.97 Å². The lowest BCUT2D eigenvalue weighted by molar-refractivity contribution is -0.151. The smallest absolute Gasteiger partial charge is 0.316 e. The van der Waals surface area contributed by atoms with E-state index >= 15 is 0 Å². The van der Waals surface area contributed by atoms with Gasteiger partial charge in [-0.3, -0.25) is 4.79 Å². The third kappa shape index (κ3) is 10.2. The van der Waals surface area contributed by atoms with Crippen molar-refractivity contribution in [1.82, 2.24) is 0 Å². The standard InChI is InChI=1S/C12H24O8S5/c13-2-11(3-14,4-15)7-19-8-12(5-16,6-17)9-20-10(18)1-22-24-25-23-21/h13-17,21H,1-9H2. The average Bonchev–Trinajstić information content (AvgIpc) is 2.66. The molecule has 25 heavy (non-hydrogen) atoms. The van der Waals surface area contributed by atoms with E-state index in [9.17, 15) is 30.3 Å². The minimum absolute atomic E-state index is 0.0996. The van der Waals surface area contributed by atoms with Crippen LogP contribution >= 0.6 is 51.9 Å². The third-order valence-corrected chi connectivity index (χ3v) is 9.93. The summed E-state index contributed by atoms with van der Waals surface area (Å²) in [6, 6.07) is 0. The van der Waals surface area contributed by atoms with Crippen molar-refractivity contribution < 1.29 is 39.8 Å². The maximum Gasteiger partial charge on any atom is 0.316 e. The monoisotopic (exact) mass is 456 g/mol. The second-order valence-corrected chi connectivity index (χ2v) is 12.1. The van der Waals surface area contributed by atoms with Gasteiger partial charge in [0.05, 0.1) is 57.1 Å². The lowest BCUT2D eigenvalue weighted by atomic mass is 9.90. The normalized spacial score (nSPS) is 12.4. The average molecular weight is 457 g/mol. The van der Waals surface area contributed by atoms with E-state index in [1.165, 1.54) is 40.3 Å². The Hall–Kier alpha value is 0.980. The quantitative estimate of drug-likeness (QED) is 0.0807. The van der Waals surface area contributed by atoms with Crippen molar-refractivity contribution in [1.29, 1.82) is 0 Å². The molecule has 0 aromatic heterocycles. The molecule has 0 saturated carbocycles. The first-order chi connectivity index (χ1) is 12.0. The van der Waals surface area contributed by atoms with Crippen molar-refractivity contribution in [3.63, 3.8) is 0 Å². The molecule has 0 aliphatic rings. The van der Waals surface area contributed by atoms with Gasteiger partial charge < -0.3 is 35.0 Å². The second kappa shape index (κ2) is 15.0. The molecule has 0 fully saturated rings. The van der Waals surface area contributed by atoms with Crippen molar-refractivity contribution in [2.45, 2.75) is 0 Å². The van der Waals surface area contributed by atoms with Crippen LogP contribution in [-0.2, 0) is 14.3 Å². The largest absolute Gasteiger partial charge is 0.464 e. The molecule has 0 amide bonds. The topological polar surface area (TPSA) is 137 Å². The number of esters is 1. The summed E-state index contributed by atoms with van der Waals surface area (Å²) in [5, 5.41) is 46.8. The zero-order valence-electron chi connectivity index (χ0n) is 13.4. The highest BCUT2D eigenvalue weighted by atomic mass is 33.8. The molecule has 0 rings (SSSR count). The molecule has 0 aliphatic heterocycles. The number of rotatable bonds is 16. The number of aliphatic hydroxyl groups excluding tert-OH is 5. The van der Waals surface area contributed by atoms with Gasteiger partial charge in [-0.15, -0.1) is 0 Å². The summed E-state index contributed by atoms with van der Waals surface area (Å²) in [5.74, 6) is -0.397. The van der Waals surface area contributed by atoms with Crippen molar-refractivity contribution in [3.8, 4) is 0 Å². The van der Waals surface area contributed by atoms with Crippen LogP contribution < -0.4 is 0 Å². The summed E-state index contributed by atoms with van der Waals surface area (Å²) >= 11 is 3.94. The van der Waals surface area contributed by atoms with Gasteiger partial charge in [0.15, 0.2) is 0 Å². The van der Waals surface area contributed by atoms with Gasteiger partial charge in [0.1, 0.15) is 12.4 Å². The molecule has 0 heterocycles. The van der Waals surface area contributed by atoms with Gasteiger partial charge in [0.25, 0.3) is 0 Å². The molecule has 8 nitrogen and oxygen atoms in total. The Balaban J connectivity index is 4.42. The molecule has 0 unspecified atom stereocenters. The van der Waals surface area contributed by atoms with Crippen LogP contribution in [0.2, 0.25) is 0 Å². The van der Waals surface area contributed by atoms with Crippen molar-refractivity contribution in [3.05, 3.63) is 0 Å². The fourth-order valence-corrected chi connectivity index (χ4v) is 7.10. The van der Waals surface area contributed by atoms with Crippen LogP contribution in [0.3, 0.4) is 0 Å². The maximum absolute atomic E-state index is 11.7. The van der Waals surface area contributed by atoms with Gasteiger partial charge in [-0.1, -0.05) is 22.5 Å². The van der Waals surface area contributed by atoms with Gasteiger partial charge in [-0.25, -0.2) is 0 Å². The number of thiol groups is 1. The van der Waals surface area contributed by atoms with Crippen LogP contribution in [0.15, 0.2) is 0 Å². The molecule has 0 aliphatic carbocycles. The number of ether oxygens (including phenoxy) is 2. The molecular weight excluding hydrogens is 432 g/mol. The van der Waals surface area contributed by atoms with Crippen LogP contribution in [0, 0.1) is 10.8 Å². The lowest BCUT2D eigenvalue weighted by Crippen LogP contribution is -2.44. The van der Waals surface area contributed by atoms with Crippen LogP contribution in [-0.4, -0.2) is 90.1 Å². The Bertz CT molecular complexity index is 346. The molecule has 0 bridgehead atoms. The van der Waals surface area contributed by atoms with Crippen LogP contribution in [0.1, 0.15) is 0 Å². The van der Waals surface area contributed by atoms with Gasteiger partial charge in [0, 0.05) is 0 Å². The highest BCUT2D eigenvalue weighted by Gasteiger charge is 2.34. The highest BCUT2D eigenvalue weighted by molar-refractivity contribution is 9.34. The SMILES string of the molecule is O=C(CSSSSS)OCC(CO)(CO)COCC(CO)(CO)CO. The first kappa shape index (κ1) is 26.0. The molecule has 0 aromatic rings. The van der Waals surface area contributed by atoms with E-state index in [4.69, 9.17) is 9.47 Å². The van der Waals surface area contributed by atoms with Gasteiger partial charge in [-0.2, -0.15) is 0 Å². The van der Waals surface area contributed by atoms with Crippen molar-refractivity contribution in [2.75, 3.05) is 58.6 Å². The summed E-state index contributed by atoms with van der Waals surface area (Å²) in [4.78, 5) is 11.7. The minimum atomic E-state index is -1.22. The number of hydrogen-bond acceptors (Lipinski definition) is 13. The number of aliphatic hydroxyl groups is 5. The fraction of sp³-hybridized carbons (Fsp3) is 0.917. The molecule has 5 N–H and O–H groups in total. The minimum Gasteiger partial charge on any atom is -0.464 e. The number of carbonyl (C=O) groups is 1. The summed E-state index contributed by atoms with van der Waals surface area (Å²) in [6.45, 7) is -3.05. The van der Waals surface area contributed by atoms with Gasteiger partial charge in [0.2, 0.25) is 0 Å². The molecule has 0 spiro atoms. The Morgan fingerprint density at radius 1 is 0.840 bits per heavy atom. The first-order valence-corrected chi connectivity index (χ1v) is 13.0. The molecule has 0 radical (unpaired) electrons. The highest BCUT2D eigenvalue weighted by Crippen LogP contribution is 2.44. The summed E-state index contributed by atoms with van der Waals surface area (Å²) < 4.78 is 10.4. The third-order valence-electron chi connectivity index (χ3n) is 3.32. The van der Waals surface area contributed by atoms with E-state index in [0.29, 0.717) is 0 Å². The van der Waals surface area contributed by atoms with E-state index < -0.39 is 49.8 Å². The van der Waals surface area contributed by atoms with E-state index in [0.717, 1.165) is 0 Å². The molecule has 13 heteroatoms. The van der Waals surface area contributed by atoms with Gasteiger partial charge in [-0.05, 0) is 29.5 Å². The summed E-state index contributed by atoms with van der Waals surface area (Å²) in [6.07, 6.45) is 0. The van der Waals surface area contributed by atoms with Crippen LogP contribution in [0.25, 0.3) is 0 Å². The van der Waals surface area contributed by atoms with Crippen molar-refractivity contribution in [2.24, 2.45) is 10.8 Å². The molecule has 0 aromatic carbocycles. The second-order valence-electron chi connectivity index (χ2n) is 5.42. The molecule has 0 saturated heterocycles.